The van der Waals surface area contributed by atoms with Gasteiger partial charge in [0.2, 0.25) is 5.91 Å². The van der Waals surface area contributed by atoms with Crippen LogP contribution < -0.4 is 10.6 Å². The lowest BCUT2D eigenvalue weighted by atomic mass is 10.1. The first-order valence-corrected chi connectivity index (χ1v) is 8.03. The summed E-state index contributed by atoms with van der Waals surface area (Å²) in [5, 5.41) is 6.20. The molecule has 0 aromatic heterocycles. The van der Waals surface area contributed by atoms with Crippen LogP contribution in [0, 0.1) is 5.92 Å². The van der Waals surface area contributed by atoms with Gasteiger partial charge in [-0.05, 0) is 12.8 Å². The van der Waals surface area contributed by atoms with Crippen LogP contribution in [-0.4, -0.2) is 75.0 Å². The van der Waals surface area contributed by atoms with Crippen molar-refractivity contribution in [1.82, 2.24) is 15.5 Å². The van der Waals surface area contributed by atoms with Crippen LogP contribution in [0.4, 0.5) is 0 Å². The third-order valence-corrected chi connectivity index (χ3v) is 3.95. The van der Waals surface area contributed by atoms with Crippen LogP contribution in [0.3, 0.4) is 0 Å². The van der Waals surface area contributed by atoms with E-state index >= 15 is 0 Å². The lowest BCUT2D eigenvalue weighted by molar-refractivity contribution is -0.130. The highest BCUT2D eigenvalue weighted by atomic mass is 16.5. The van der Waals surface area contributed by atoms with Crippen molar-refractivity contribution in [3.63, 3.8) is 0 Å². The number of ether oxygens (including phenoxy) is 2. The molecule has 2 fully saturated rings. The molecule has 1 amide bonds. The van der Waals surface area contributed by atoms with Crippen molar-refractivity contribution in [3.05, 3.63) is 0 Å². The fourth-order valence-electron chi connectivity index (χ4n) is 2.94. The van der Waals surface area contributed by atoms with Gasteiger partial charge in [-0.3, -0.25) is 9.69 Å². The van der Waals surface area contributed by atoms with Crippen LogP contribution in [0.25, 0.3) is 0 Å². The first-order valence-electron chi connectivity index (χ1n) is 8.03. The second-order valence-corrected chi connectivity index (χ2v) is 6.40. The van der Waals surface area contributed by atoms with E-state index in [1.807, 2.05) is 6.92 Å². The molecule has 0 bridgehead atoms. The van der Waals surface area contributed by atoms with E-state index in [0.29, 0.717) is 19.1 Å². The molecule has 122 valence electrons. The van der Waals surface area contributed by atoms with Gasteiger partial charge in [-0.2, -0.15) is 0 Å². The van der Waals surface area contributed by atoms with Gasteiger partial charge in [0, 0.05) is 32.7 Å². The summed E-state index contributed by atoms with van der Waals surface area (Å²) in [4.78, 5) is 14.6. The summed E-state index contributed by atoms with van der Waals surface area (Å²) >= 11 is 0. The molecule has 3 atom stereocenters. The number of hydrogen-bond acceptors (Lipinski definition) is 5. The molecule has 2 heterocycles. The summed E-state index contributed by atoms with van der Waals surface area (Å²) in [5.74, 6) is 0.662. The van der Waals surface area contributed by atoms with Crippen LogP contribution in [0.15, 0.2) is 0 Å². The minimum atomic E-state index is -0.255. The number of carbonyl (C=O) groups is 1. The molecule has 0 aromatic rings. The van der Waals surface area contributed by atoms with Crippen molar-refractivity contribution < 1.29 is 14.3 Å². The summed E-state index contributed by atoms with van der Waals surface area (Å²) in [7, 11) is 0. The molecule has 0 aromatic carbocycles. The molecule has 1 unspecified atom stereocenters. The Balaban J connectivity index is 1.73. The van der Waals surface area contributed by atoms with Gasteiger partial charge in [0.05, 0.1) is 25.4 Å². The molecule has 6 nitrogen and oxygen atoms in total. The number of rotatable bonds is 5. The standard InChI is InChI=1S/C15H29N3O3/c1-11(2)9-18-5-7-21-13(10-18)8-17-15(19)14-12(3)20-6-4-16-14/h11-14,16H,4-10H2,1-3H3,(H,17,19)/t12-,13?,14+/m1/s1. The molecule has 0 aliphatic carbocycles. The SMILES string of the molecule is CC(C)CN1CCOC(CNC(=O)[C@H]2NCCO[C@@H]2C)C1. The van der Waals surface area contributed by atoms with Gasteiger partial charge in [-0.25, -0.2) is 0 Å². The zero-order valence-corrected chi connectivity index (χ0v) is 13.4. The Morgan fingerprint density at radius 1 is 1.38 bits per heavy atom. The molecule has 2 aliphatic rings. The van der Waals surface area contributed by atoms with Crippen molar-refractivity contribution in [1.29, 1.82) is 0 Å². The molecule has 6 heteroatoms. The van der Waals surface area contributed by atoms with Crippen molar-refractivity contribution in [2.24, 2.45) is 5.92 Å². The summed E-state index contributed by atoms with van der Waals surface area (Å²) < 4.78 is 11.2. The number of morpholine rings is 2. The minimum absolute atomic E-state index is 0.00628. The predicted octanol–water partition coefficient (Wildman–Crippen LogP) is -0.164. The summed E-state index contributed by atoms with van der Waals surface area (Å²) in [6.45, 7) is 12.0. The van der Waals surface area contributed by atoms with Crippen LogP contribution in [0.5, 0.6) is 0 Å². The first-order chi connectivity index (χ1) is 10.1. The van der Waals surface area contributed by atoms with E-state index in [9.17, 15) is 4.79 Å². The molecule has 0 spiro atoms. The predicted molar refractivity (Wildman–Crippen MR) is 81.2 cm³/mol. The fraction of sp³-hybridized carbons (Fsp3) is 0.933. The lowest BCUT2D eigenvalue weighted by Gasteiger charge is -2.34. The smallest absolute Gasteiger partial charge is 0.239 e. The summed E-state index contributed by atoms with van der Waals surface area (Å²) in [6.07, 6.45) is 0.00438. The minimum Gasteiger partial charge on any atom is -0.375 e. The maximum Gasteiger partial charge on any atom is 0.239 e. The Morgan fingerprint density at radius 3 is 2.90 bits per heavy atom. The van der Waals surface area contributed by atoms with Crippen LogP contribution in [-0.2, 0) is 14.3 Å². The highest BCUT2D eigenvalue weighted by Crippen LogP contribution is 2.08. The number of hydrogen-bond donors (Lipinski definition) is 2. The maximum absolute atomic E-state index is 12.2. The zero-order chi connectivity index (χ0) is 15.2. The van der Waals surface area contributed by atoms with E-state index in [-0.39, 0.29) is 24.2 Å². The fourth-order valence-corrected chi connectivity index (χ4v) is 2.94. The third-order valence-electron chi connectivity index (χ3n) is 3.95. The molecule has 2 aliphatic heterocycles. The summed E-state index contributed by atoms with van der Waals surface area (Å²) in [6, 6.07) is -0.255. The zero-order valence-electron chi connectivity index (χ0n) is 13.4. The molecule has 0 radical (unpaired) electrons. The Hall–Kier alpha value is -0.690. The van der Waals surface area contributed by atoms with Gasteiger partial charge in [-0.1, -0.05) is 13.8 Å². The van der Waals surface area contributed by atoms with Gasteiger partial charge >= 0.3 is 0 Å². The molecule has 2 rings (SSSR count). The van der Waals surface area contributed by atoms with Crippen LogP contribution in [0.2, 0.25) is 0 Å². The van der Waals surface area contributed by atoms with Gasteiger partial charge in [0.1, 0.15) is 6.04 Å². The van der Waals surface area contributed by atoms with Crippen molar-refractivity contribution in [3.8, 4) is 0 Å². The van der Waals surface area contributed by atoms with Crippen LogP contribution in [0.1, 0.15) is 20.8 Å². The number of carbonyl (C=O) groups excluding carboxylic acids is 1. The van der Waals surface area contributed by atoms with E-state index in [1.165, 1.54) is 0 Å². The van der Waals surface area contributed by atoms with Crippen molar-refractivity contribution in [2.45, 2.75) is 39.0 Å². The topological polar surface area (TPSA) is 62.8 Å². The highest BCUT2D eigenvalue weighted by molar-refractivity contribution is 5.82. The first kappa shape index (κ1) is 16.7. The van der Waals surface area contributed by atoms with E-state index < -0.39 is 0 Å². The van der Waals surface area contributed by atoms with E-state index in [2.05, 4.69) is 29.4 Å². The van der Waals surface area contributed by atoms with E-state index in [0.717, 1.165) is 32.8 Å². The third kappa shape index (κ3) is 5.21. The Labute approximate surface area is 127 Å². The highest BCUT2D eigenvalue weighted by Gasteiger charge is 2.29. The Bertz CT molecular complexity index is 338. The van der Waals surface area contributed by atoms with Crippen molar-refractivity contribution in [2.75, 3.05) is 45.9 Å². The second kappa shape index (κ2) is 8.08. The van der Waals surface area contributed by atoms with Gasteiger partial charge in [0.25, 0.3) is 0 Å². The monoisotopic (exact) mass is 299 g/mol. The average molecular weight is 299 g/mol. The Morgan fingerprint density at radius 2 is 2.19 bits per heavy atom. The largest absolute Gasteiger partial charge is 0.375 e. The average Bonchev–Trinajstić information content (AvgIpc) is 2.45. The molecular formula is C15H29N3O3. The molecule has 21 heavy (non-hydrogen) atoms. The quantitative estimate of drug-likeness (QED) is 0.738. The van der Waals surface area contributed by atoms with Crippen LogP contribution >= 0.6 is 0 Å². The van der Waals surface area contributed by atoms with Gasteiger partial charge in [0.15, 0.2) is 0 Å². The molecule has 0 saturated carbocycles. The van der Waals surface area contributed by atoms with E-state index in [1.54, 1.807) is 0 Å². The van der Waals surface area contributed by atoms with E-state index in [4.69, 9.17) is 9.47 Å². The number of nitrogens with one attached hydrogen (secondary N) is 2. The maximum atomic E-state index is 12.2. The number of nitrogens with zero attached hydrogens (tertiary/aromatic N) is 1. The Kier molecular flexibility index (Phi) is 6.41. The van der Waals surface area contributed by atoms with Crippen molar-refractivity contribution >= 4 is 5.91 Å². The second-order valence-electron chi connectivity index (χ2n) is 6.40. The normalized spacial score (nSPS) is 31.3. The lowest BCUT2D eigenvalue weighted by Crippen LogP contribution is -2.57. The number of amides is 1. The van der Waals surface area contributed by atoms with Gasteiger partial charge < -0.3 is 20.1 Å². The molecule has 2 N–H and O–H groups in total. The summed E-state index contributed by atoms with van der Waals surface area (Å²) in [5.41, 5.74) is 0. The molecule has 2 saturated heterocycles. The van der Waals surface area contributed by atoms with Gasteiger partial charge in [-0.15, -0.1) is 0 Å². The molecular weight excluding hydrogens is 270 g/mol.